The predicted octanol–water partition coefficient (Wildman–Crippen LogP) is 5.34. The van der Waals surface area contributed by atoms with Crippen LogP contribution in [0.5, 0.6) is 5.75 Å². The van der Waals surface area contributed by atoms with Crippen LogP contribution >= 0.6 is 11.6 Å². The maximum Gasteiger partial charge on any atom is 0.278 e. The summed E-state index contributed by atoms with van der Waals surface area (Å²) in [7, 11) is 0. The van der Waals surface area contributed by atoms with Gasteiger partial charge < -0.3 is 29.5 Å². The molecule has 1 atom stereocenters. The summed E-state index contributed by atoms with van der Waals surface area (Å²) in [6, 6.07) is 19.5. The molecule has 2 N–H and O–H groups in total. The number of nitriles is 1. The van der Waals surface area contributed by atoms with Gasteiger partial charge in [0.2, 0.25) is 11.8 Å². The number of ether oxygens (including phenoxy) is 2. The fourth-order valence-corrected chi connectivity index (χ4v) is 11.9. The Morgan fingerprint density at radius 1 is 0.843 bits per heavy atom. The first kappa shape index (κ1) is 48.9. The smallest absolute Gasteiger partial charge is 0.278 e. The van der Waals surface area contributed by atoms with Crippen LogP contribution in [0.1, 0.15) is 94.6 Å². The number of likely N-dealkylation sites (tertiary alicyclic amines) is 1. The lowest BCUT2D eigenvalue weighted by Crippen LogP contribution is -2.74. The molecule has 4 saturated heterocycles. The first-order chi connectivity index (χ1) is 33.6. The van der Waals surface area contributed by atoms with Gasteiger partial charge in [-0.25, -0.2) is 0 Å². The second kappa shape index (κ2) is 20.3. The highest BCUT2D eigenvalue weighted by molar-refractivity contribution is 6.31. The van der Waals surface area contributed by atoms with Crippen LogP contribution in [0.2, 0.25) is 5.02 Å². The highest BCUT2D eigenvalue weighted by Crippen LogP contribution is 2.55. The molecule has 17 nitrogen and oxygen atoms in total. The number of nitrogens with one attached hydrogen (secondary N) is 2. The highest BCUT2D eigenvalue weighted by Gasteiger charge is 2.64. The molecule has 3 aromatic carbocycles. The number of carbonyl (C=O) groups excluding carboxylic acids is 4. The van der Waals surface area contributed by atoms with Gasteiger partial charge in [-0.3, -0.25) is 34.2 Å². The van der Waals surface area contributed by atoms with Gasteiger partial charge in [0.05, 0.1) is 22.1 Å². The number of piperidine rings is 3. The Morgan fingerprint density at radius 3 is 2.20 bits per heavy atom. The van der Waals surface area contributed by atoms with Crippen LogP contribution in [-0.2, 0) is 19.1 Å². The zero-order chi connectivity index (χ0) is 49.3. The van der Waals surface area contributed by atoms with E-state index in [1.165, 1.54) is 0 Å². The third-order valence-electron chi connectivity index (χ3n) is 15.4. The van der Waals surface area contributed by atoms with E-state index in [2.05, 4.69) is 69.4 Å². The van der Waals surface area contributed by atoms with Crippen molar-refractivity contribution in [3.63, 3.8) is 0 Å². The van der Waals surface area contributed by atoms with Gasteiger partial charge >= 0.3 is 0 Å². The van der Waals surface area contributed by atoms with Crippen LogP contribution in [0.4, 0.5) is 11.4 Å². The van der Waals surface area contributed by atoms with E-state index in [9.17, 15) is 29.2 Å². The zero-order valence-corrected chi connectivity index (χ0v) is 41.3. The fraction of sp³-hybridized carbons (Fsp3) is 0.538. The number of anilines is 2. The number of rotatable bonds is 13. The SMILES string of the molecule is CC1(C)[C@H](NC(=O)c2ccc(N3CCN(CCCOC4CCN(C(=O)C5CCN(c6ccc7nnn(C8CCC(=O)NC8=O)c(=O)c7c6)CC5)CC4)CC3)cc2)C(C)(C)[C@H]1Oc1ccc(C#N)c(Cl)c1. The van der Waals surface area contributed by atoms with Crippen molar-refractivity contribution in [2.45, 2.75) is 96.9 Å². The number of piperazine rings is 1. The average molecular weight is 976 g/mol. The van der Waals surface area contributed by atoms with Crippen molar-refractivity contribution in [1.29, 1.82) is 5.26 Å². The number of imide groups is 1. The summed E-state index contributed by atoms with van der Waals surface area (Å²) < 4.78 is 13.8. The Kier molecular flexibility index (Phi) is 14.2. The van der Waals surface area contributed by atoms with Crippen LogP contribution in [0.3, 0.4) is 0 Å². The van der Waals surface area contributed by atoms with Gasteiger partial charge in [0.15, 0.2) is 0 Å². The molecular formula is C52H63ClN10O7. The van der Waals surface area contributed by atoms with Gasteiger partial charge in [-0.05, 0) is 93.1 Å². The van der Waals surface area contributed by atoms with Gasteiger partial charge in [-0.15, -0.1) is 5.10 Å². The Morgan fingerprint density at radius 2 is 1.53 bits per heavy atom. The monoisotopic (exact) mass is 974 g/mol. The molecule has 4 aromatic rings. The van der Waals surface area contributed by atoms with Gasteiger partial charge in [0.25, 0.3) is 17.4 Å². The maximum absolute atomic E-state index is 13.6. The predicted molar refractivity (Wildman–Crippen MR) is 265 cm³/mol. The minimum Gasteiger partial charge on any atom is -0.489 e. The second-order valence-electron chi connectivity index (χ2n) is 20.7. The number of nitrogens with zero attached hydrogens (tertiary/aromatic N) is 8. The molecule has 5 aliphatic rings. The molecule has 1 aliphatic carbocycles. The van der Waals surface area contributed by atoms with Crippen LogP contribution in [0.25, 0.3) is 10.9 Å². The largest absolute Gasteiger partial charge is 0.489 e. The van der Waals surface area contributed by atoms with Crippen molar-refractivity contribution in [1.82, 2.24) is 35.4 Å². The molecule has 1 aromatic heterocycles. The summed E-state index contributed by atoms with van der Waals surface area (Å²) in [5, 5.41) is 23.7. The molecule has 0 radical (unpaired) electrons. The molecule has 9 rings (SSSR count). The fourth-order valence-electron chi connectivity index (χ4n) is 11.6. The molecule has 5 fully saturated rings. The quantitative estimate of drug-likeness (QED) is 0.129. The van der Waals surface area contributed by atoms with Gasteiger partial charge in [0, 0.05) is 118 Å². The average Bonchev–Trinajstić information content (AvgIpc) is 3.36. The minimum absolute atomic E-state index is 0.0471. The summed E-state index contributed by atoms with van der Waals surface area (Å²) in [6.45, 7) is 16.6. The molecule has 4 aliphatic heterocycles. The van der Waals surface area contributed by atoms with Crippen LogP contribution in [-0.4, -0.2) is 132 Å². The second-order valence-corrected chi connectivity index (χ2v) is 21.1. The summed E-state index contributed by atoms with van der Waals surface area (Å²) in [5.74, 6) is -0.255. The van der Waals surface area contributed by atoms with Crippen LogP contribution < -0.4 is 30.7 Å². The van der Waals surface area contributed by atoms with Gasteiger partial charge in [-0.1, -0.05) is 44.5 Å². The Labute approximate surface area is 413 Å². The summed E-state index contributed by atoms with van der Waals surface area (Å²) in [4.78, 5) is 73.7. The van der Waals surface area contributed by atoms with Crippen LogP contribution in [0.15, 0.2) is 65.5 Å². The molecule has 4 amide bonds. The number of amides is 4. The van der Waals surface area contributed by atoms with E-state index in [1.54, 1.807) is 30.3 Å². The number of halogens is 1. The maximum atomic E-state index is 13.6. The molecule has 1 unspecified atom stereocenters. The molecule has 0 spiro atoms. The molecule has 370 valence electrons. The number of aromatic nitrogens is 3. The van der Waals surface area contributed by atoms with Gasteiger partial charge in [0.1, 0.15) is 29.5 Å². The third kappa shape index (κ3) is 10.1. The third-order valence-corrected chi connectivity index (χ3v) is 15.7. The van der Waals surface area contributed by atoms with E-state index in [0.29, 0.717) is 65.6 Å². The number of fused-ring (bicyclic) bond motifs is 1. The number of benzene rings is 3. The van der Waals surface area contributed by atoms with E-state index in [1.807, 2.05) is 35.2 Å². The molecule has 0 bridgehead atoms. The van der Waals surface area contributed by atoms with Crippen molar-refractivity contribution < 1.29 is 28.7 Å². The van der Waals surface area contributed by atoms with E-state index >= 15 is 0 Å². The summed E-state index contributed by atoms with van der Waals surface area (Å²) in [6.07, 6.45) is 4.37. The molecule has 5 heterocycles. The molecule has 1 saturated carbocycles. The lowest BCUT2D eigenvalue weighted by atomic mass is 9.49. The first-order valence-electron chi connectivity index (χ1n) is 24.7. The molecule has 70 heavy (non-hydrogen) atoms. The van der Waals surface area contributed by atoms with Crippen molar-refractivity contribution in [2.24, 2.45) is 16.7 Å². The number of hydrogen-bond donors (Lipinski definition) is 2. The number of hydrogen-bond acceptors (Lipinski definition) is 13. The topological polar surface area (TPSA) is 195 Å². The van der Waals surface area contributed by atoms with Crippen molar-refractivity contribution in [2.75, 3.05) is 75.3 Å². The standard InChI is InChI=1S/C52H63ClN10O7/c1-51(2)49(52(3,4)50(51)70-39-12-8-35(32-54)41(53)31-39)56-45(65)33-6-9-36(10-7-33)61-27-25-59(26-28-61)20-5-29-69-38-18-23-62(24-19-38)47(67)34-16-21-60(22-17-34)37-11-13-42-40(30-37)48(68)63(58-57-42)43-14-15-44(64)55-46(43)66/h6-13,30-31,34,38,43,49-50H,5,14-29H2,1-4H3,(H,56,65)(H,55,64,66)/t43?,49-,50-. The normalized spacial score (nSPS) is 23.1. The zero-order valence-electron chi connectivity index (χ0n) is 40.5. The van der Waals surface area contributed by atoms with Crippen molar-refractivity contribution >= 4 is 57.5 Å². The Bertz CT molecular complexity index is 2700. The Hall–Kier alpha value is -6.09. The number of carbonyl (C=O) groups is 4. The van der Waals surface area contributed by atoms with Gasteiger partial charge in [-0.2, -0.15) is 9.94 Å². The summed E-state index contributed by atoms with van der Waals surface area (Å²) >= 11 is 6.26. The van der Waals surface area contributed by atoms with E-state index in [-0.39, 0.29) is 65.6 Å². The molecule has 18 heteroatoms. The highest BCUT2D eigenvalue weighted by atomic mass is 35.5. The van der Waals surface area contributed by atoms with E-state index < -0.39 is 17.5 Å². The van der Waals surface area contributed by atoms with Crippen LogP contribution in [0, 0.1) is 28.1 Å². The van der Waals surface area contributed by atoms with E-state index in [0.717, 1.165) is 80.9 Å². The lowest BCUT2D eigenvalue weighted by Gasteiger charge is -2.63. The molecular weight excluding hydrogens is 912 g/mol. The van der Waals surface area contributed by atoms with Crippen molar-refractivity contribution in [3.05, 3.63) is 87.2 Å². The first-order valence-corrected chi connectivity index (χ1v) is 25.1. The minimum atomic E-state index is -0.881. The summed E-state index contributed by atoms with van der Waals surface area (Å²) in [5.41, 5.74) is 2.30. The van der Waals surface area contributed by atoms with Crippen molar-refractivity contribution in [3.8, 4) is 11.8 Å². The lowest BCUT2D eigenvalue weighted by molar-refractivity contribution is -0.164. The Balaban J connectivity index is 0.655. The van der Waals surface area contributed by atoms with E-state index in [4.69, 9.17) is 21.1 Å².